The van der Waals surface area contributed by atoms with Crippen LogP contribution in [0.3, 0.4) is 0 Å². The number of rotatable bonds is 15. The number of methoxy groups -OCH3 is 2. The van der Waals surface area contributed by atoms with E-state index in [1.807, 2.05) is 37.3 Å². The molecule has 0 spiro atoms. The Morgan fingerprint density at radius 2 is 1.14 bits per heavy atom. The lowest BCUT2D eigenvalue weighted by molar-refractivity contribution is -0.147. The van der Waals surface area contributed by atoms with Crippen LogP contribution in [0.1, 0.15) is 131 Å². The van der Waals surface area contributed by atoms with Gasteiger partial charge in [0.1, 0.15) is 36.0 Å². The third-order valence-electron chi connectivity index (χ3n) is 13.3. The number of carbonyl (C=O) groups is 8. The first-order valence-corrected chi connectivity index (χ1v) is 24.8. The van der Waals surface area contributed by atoms with E-state index in [0.29, 0.717) is 88.2 Å². The van der Waals surface area contributed by atoms with E-state index in [4.69, 9.17) is 18.9 Å². The van der Waals surface area contributed by atoms with Crippen molar-refractivity contribution in [3.63, 3.8) is 0 Å². The molecule has 0 saturated carbocycles. The Labute approximate surface area is 413 Å². The smallest absolute Gasteiger partial charge is 0.331 e. The van der Waals surface area contributed by atoms with Crippen molar-refractivity contribution in [1.82, 2.24) is 10.6 Å². The highest BCUT2D eigenvalue weighted by Gasteiger charge is 2.34. The first-order valence-electron chi connectivity index (χ1n) is 24.8. The molecule has 0 unspecified atom stereocenters. The zero-order chi connectivity index (χ0) is 51.9. The molecule has 0 radical (unpaired) electrons. The number of Topliss-reactive ketones (excluding diaryl/α,β-unsaturated/α-hetero) is 2. The Morgan fingerprint density at radius 1 is 0.700 bits per heavy atom. The minimum absolute atomic E-state index is 0.0227. The van der Waals surface area contributed by atoms with E-state index in [1.54, 1.807) is 60.0 Å². The summed E-state index contributed by atoms with van der Waals surface area (Å²) in [6, 6.07) is 0. The van der Waals surface area contributed by atoms with Crippen LogP contribution in [0.15, 0.2) is 71.9 Å². The summed E-state index contributed by atoms with van der Waals surface area (Å²) >= 11 is 0. The molecule has 0 aromatic rings. The quantitative estimate of drug-likeness (QED) is 0.0792. The fourth-order valence-corrected chi connectivity index (χ4v) is 9.24. The normalized spacial score (nSPS) is 30.6. The third kappa shape index (κ3) is 20.3. The number of allylic oxidation sites excluding steroid dienone is 5. The van der Waals surface area contributed by atoms with Crippen molar-refractivity contribution in [2.75, 3.05) is 14.2 Å². The van der Waals surface area contributed by atoms with Crippen LogP contribution in [0.4, 0.5) is 0 Å². The van der Waals surface area contributed by atoms with Crippen molar-refractivity contribution in [2.45, 2.75) is 168 Å². The van der Waals surface area contributed by atoms with Crippen molar-refractivity contribution in [3.8, 4) is 0 Å². The van der Waals surface area contributed by atoms with Crippen LogP contribution in [0.5, 0.6) is 0 Å². The average Bonchev–Trinajstić information content (AvgIpc) is 3.30. The number of nitrogens with one attached hydrogen (secondary N) is 2. The Kier molecular flexibility index (Phi) is 25.8. The van der Waals surface area contributed by atoms with Crippen molar-refractivity contribution in [2.24, 2.45) is 35.5 Å². The van der Waals surface area contributed by atoms with Crippen LogP contribution in [0.2, 0.25) is 0 Å². The summed E-state index contributed by atoms with van der Waals surface area (Å²) in [6.45, 7) is 10.8. The van der Waals surface area contributed by atoms with E-state index in [9.17, 15) is 48.6 Å². The molecule has 0 aromatic heterocycles. The molecule has 4 heterocycles. The number of aliphatic hydroxyl groups excluding tert-OH is 2. The van der Waals surface area contributed by atoms with Gasteiger partial charge < -0.3 is 29.2 Å². The molecule has 4 aliphatic rings. The van der Waals surface area contributed by atoms with Crippen LogP contribution in [-0.4, -0.2) is 108 Å². The van der Waals surface area contributed by atoms with Gasteiger partial charge in [-0.3, -0.25) is 39.4 Å². The number of ether oxygens (including phenoxy) is 4. The topological polar surface area (TPSA) is 238 Å². The number of ketones is 2. The molecular weight excluding hydrogens is 901 g/mol. The molecule has 4 N–H and O–H groups in total. The molecule has 70 heavy (non-hydrogen) atoms. The molecule has 0 aromatic carbocycles. The molecule has 4 aliphatic heterocycles. The Balaban J connectivity index is 0.000000370. The fourth-order valence-electron chi connectivity index (χ4n) is 9.24. The third-order valence-corrected chi connectivity index (χ3v) is 13.3. The number of aliphatic hydroxyl groups is 2. The Bertz CT molecular complexity index is 1970. The predicted molar refractivity (Wildman–Crippen MR) is 262 cm³/mol. The van der Waals surface area contributed by atoms with Gasteiger partial charge in [0.05, 0.1) is 18.1 Å². The molecule has 10 atom stereocenters. The minimum Gasteiger partial charge on any atom is -0.454 e. The van der Waals surface area contributed by atoms with Gasteiger partial charge in [-0.15, -0.1) is 0 Å². The lowest BCUT2D eigenvalue weighted by Gasteiger charge is -2.31. The maximum absolute atomic E-state index is 13.0. The van der Waals surface area contributed by atoms with Crippen LogP contribution >= 0.6 is 0 Å². The SMILES string of the molecule is CO[C@H]1/C=C/CC/C=C/C(=O)O[C@@H](/C(C)=C/[C@H](C)C(=O)CCCC2CC(=O)NC(=O)C2)[C@@H](C)[C@@H]1O.CO[C@H]1/C=C/CC/C=C/C(=O)O[C@H]([C@H](C)C(=O)CCCC2CC(=O)NC(=O)C2)/C(C)=C\[C@@H](C)[C@@H]1O. The number of esters is 2. The zero-order valence-corrected chi connectivity index (χ0v) is 42.4. The fraction of sp³-hybridized carbons (Fsp3) is 0.630. The molecule has 4 amide bonds. The maximum Gasteiger partial charge on any atom is 0.331 e. The van der Waals surface area contributed by atoms with Crippen LogP contribution in [0, 0.1) is 35.5 Å². The second-order valence-electron chi connectivity index (χ2n) is 19.2. The lowest BCUT2D eigenvalue weighted by atomic mass is 9.86. The van der Waals surface area contributed by atoms with Gasteiger partial charge in [0.2, 0.25) is 23.6 Å². The number of amides is 4. The Morgan fingerprint density at radius 3 is 1.63 bits per heavy atom. The molecule has 16 heteroatoms. The first kappa shape index (κ1) is 59.2. The molecule has 0 aliphatic carbocycles. The van der Waals surface area contributed by atoms with Gasteiger partial charge in [0.15, 0.2) is 0 Å². The number of piperidine rings is 2. The highest BCUT2D eigenvalue weighted by Crippen LogP contribution is 2.28. The summed E-state index contributed by atoms with van der Waals surface area (Å²) in [5, 5.41) is 26.3. The van der Waals surface area contributed by atoms with Gasteiger partial charge in [-0.1, -0.05) is 76.3 Å². The summed E-state index contributed by atoms with van der Waals surface area (Å²) in [5.41, 5.74) is 1.37. The van der Waals surface area contributed by atoms with Crippen LogP contribution in [0.25, 0.3) is 0 Å². The summed E-state index contributed by atoms with van der Waals surface area (Å²) in [6.07, 6.45) is 20.0. The van der Waals surface area contributed by atoms with Gasteiger partial charge in [-0.2, -0.15) is 0 Å². The molecule has 2 fully saturated rings. The summed E-state index contributed by atoms with van der Waals surface area (Å²) < 4.78 is 22.3. The number of hydrogen-bond acceptors (Lipinski definition) is 14. The van der Waals surface area contributed by atoms with Gasteiger partial charge in [0.25, 0.3) is 0 Å². The molecule has 4 rings (SSSR count). The lowest BCUT2D eigenvalue weighted by Crippen LogP contribution is -2.41. The number of imide groups is 2. The van der Waals surface area contributed by atoms with E-state index in [-0.39, 0.29) is 59.4 Å². The molecule has 16 nitrogen and oxygen atoms in total. The minimum atomic E-state index is -0.915. The molecular formula is C54H78N2O14. The van der Waals surface area contributed by atoms with Gasteiger partial charge >= 0.3 is 11.9 Å². The van der Waals surface area contributed by atoms with Crippen molar-refractivity contribution >= 4 is 47.1 Å². The van der Waals surface area contributed by atoms with Gasteiger partial charge in [-0.05, 0) is 88.2 Å². The second-order valence-corrected chi connectivity index (χ2v) is 19.2. The van der Waals surface area contributed by atoms with Gasteiger partial charge in [0, 0.05) is 82.7 Å². The zero-order valence-electron chi connectivity index (χ0n) is 42.4. The van der Waals surface area contributed by atoms with Crippen LogP contribution < -0.4 is 10.6 Å². The van der Waals surface area contributed by atoms with Crippen LogP contribution in [-0.2, 0) is 57.3 Å². The number of hydrogen-bond donors (Lipinski definition) is 4. The summed E-state index contributed by atoms with van der Waals surface area (Å²) in [5.74, 6) is -3.95. The standard InChI is InChI=1S/2C27H39NO7/c1-17-14-18(2)27(35-25(32)13-8-6-5-7-12-22(34-4)26(17)33)19(3)21(29)11-9-10-20-15-23(30)28-24(31)16-20;1-17(21(29)11-9-10-20-15-23(30)28-24(31)16-20)14-18(2)27-19(3)26(33)22(34-4)12-7-5-6-8-13-25(32)35-27/h2*7-8,12-14,17,19-20,22,26-27,33H,5-6,9-11,15-16H2,1-4H3,(H,28,30,31)/b12-7+,13-8+,18-14-;12-7+,13-8+,18-14+/t17-,19-,22+,26+,27+;17-,19-,22-,26-,27-/m10/s1. The van der Waals surface area contributed by atoms with E-state index >= 15 is 0 Å². The molecule has 0 bridgehead atoms. The largest absolute Gasteiger partial charge is 0.454 e. The van der Waals surface area contributed by atoms with E-state index in [0.717, 1.165) is 6.42 Å². The number of carbonyl (C=O) groups excluding carboxylic acids is 8. The van der Waals surface area contributed by atoms with Crippen molar-refractivity contribution in [1.29, 1.82) is 0 Å². The van der Waals surface area contributed by atoms with E-state index < -0.39 is 66.3 Å². The Hall–Kier alpha value is -5.16. The van der Waals surface area contributed by atoms with Gasteiger partial charge in [-0.25, -0.2) is 9.59 Å². The monoisotopic (exact) mass is 979 g/mol. The maximum atomic E-state index is 13.0. The van der Waals surface area contributed by atoms with Crippen molar-refractivity contribution < 1.29 is 67.5 Å². The summed E-state index contributed by atoms with van der Waals surface area (Å²) in [7, 11) is 3.07. The second kappa shape index (κ2) is 30.5. The molecule has 388 valence electrons. The highest BCUT2D eigenvalue weighted by atomic mass is 16.5. The average molecular weight is 979 g/mol. The van der Waals surface area contributed by atoms with E-state index in [1.165, 1.54) is 19.3 Å². The highest BCUT2D eigenvalue weighted by molar-refractivity contribution is 5.98. The first-order chi connectivity index (χ1) is 33.2. The van der Waals surface area contributed by atoms with Crippen molar-refractivity contribution in [3.05, 3.63) is 71.9 Å². The predicted octanol–water partition coefficient (Wildman–Crippen LogP) is 6.38. The van der Waals surface area contributed by atoms with E-state index in [2.05, 4.69) is 10.6 Å². The number of cyclic esters (lactones) is 2. The molecule has 2 saturated heterocycles. The summed E-state index contributed by atoms with van der Waals surface area (Å²) in [4.78, 5) is 96.8.